The number of rotatable bonds is 4. The molecule has 3 rings (SSSR count). The highest BCUT2D eigenvalue weighted by Gasteiger charge is 2.37. The lowest BCUT2D eigenvalue weighted by Crippen LogP contribution is -2.24. The summed E-state index contributed by atoms with van der Waals surface area (Å²) in [5.74, 6) is 0.820. The van der Waals surface area contributed by atoms with E-state index in [2.05, 4.69) is 30.1 Å². The van der Waals surface area contributed by atoms with Crippen molar-refractivity contribution in [1.29, 1.82) is 5.26 Å². The maximum absolute atomic E-state index is 9.58. The summed E-state index contributed by atoms with van der Waals surface area (Å²) in [4.78, 5) is 0. The van der Waals surface area contributed by atoms with E-state index in [1.807, 2.05) is 30.3 Å². The largest absolute Gasteiger partial charge is 0.420 e. The molecule has 23 heavy (non-hydrogen) atoms. The number of nitriles is 1. The van der Waals surface area contributed by atoms with Crippen molar-refractivity contribution >= 4 is 0 Å². The van der Waals surface area contributed by atoms with Crippen LogP contribution in [0.25, 0.3) is 11.3 Å². The minimum atomic E-state index is -0.0994. The molecule has 2 aromatic rings. The average molecular weight is 308 g/mol. The van der Waals surface area contributed by atoms with Crippen molar-refractivity contribution < 1.29 is 4.74 Å². The van der Waals surface area contributed by atoms with E-state index in [-0.39, 0.29) is 17.7 Å². The topological polar surface area (TPSA) is 87.7 Å². The molecule has 1 aromatic carbocycles. The first-order valence-electron chi connectivity index (χ1n) is 7.88. The highest BCUT2D eigenvalue weighted by atomic mass is 16.5. The zero-order valence-corrected chi connectivity index (χ0v) is 13.3. The summed E-state index contributed by atoms with van der Waals surface area (Å²) in [6.07, 6.45) is 2.05. The molecule has 1 aromatic heterocycles. The third-order valence-corrected chi connectivity index (χ3v) is 4.36. The van der Waals surface area contributed by atoms with Crippen molar-refractivity contribution in [2.45, 2.75) is 32.6 Å². The van der Waals surface area contributed by atoms with Crippen molar-refractivity contribution in [1.82, 2.24) is 10.2 Å². The first kappa shape index (κ1) is 15.2. The molecule has 2 heterocycles. The molecule has 0 saturated carbocycles. The van der Waals surface area contributed by atoms with Gasteiger partial charge in [-0.15, -0.1) is 5.10 Å². The lowest BCUT2D eigenvalue weighted by atomic mass is 9.78. The van der Waals surface area contributed by atoms with Gasteiger partial charge in [0.1, 0.15) is 6.07 Å². The van der Waals surface area contributed by atoms with Gasteiger partial charge in [-0.2, -0.15) is 5.26 Å². The Hall–Kier alpha value is -2.74. The van der Waals surface area contributed by atoms with Gasteiger partial charge < -0.3 is 10.5 Å². The summed E-state index contributed by atoms with van der Waals surface area (Å²) in [5.41, 5.74) is 9.31. The first-order chi connectivity index (χ1) is 11.2. The minimum absolute atomic E-state index is 0.0994. The van der Waals surface area contributed by atoms with Gasteiger partial charge in [-0.05, 0) is 11.5 Å². The Morgan fingerprint density at radius 3 is 2.78 bits per heavy atom. The van der Waals surface area contributed by atoms with E-state index in [4.69, 9.17) is 10.5 Å². The number of aromatic nitrogens is 2. The van der Waals surface area contributed by atoms with Crippen molar-refractivity contribution in [2.75, 3.05) is 0 Å². The summed E-state index contributed by atoms with van der Waals surface area (Å²) in [6, 6.07) is 12.2. The van der Waals surface area contributed by atoms with Crippen LogP contribution in [0.5, 0.6) is 5.88 Å². The smallest absolute Gasteiger partial charge is 0.244 e. The Morgan fingerprint density at radius 1 is 1.39 bits per heavy atom. The predicted molar refractivity (Wildman–Crippen MR) is 88.3 cm³/mol. The molecule has 118 valence electrons. The molecule has 1 aliphatic rings. The third-order valence-electron chi connectivity index (χ3n) is 4.36. The predicted octanol–water partition coefficient (Wildman–Crippen LogP) is 3.68. The summed E-state index contributed by atoms with van der Waals surface area (Å²) >= 11 is 0. The quantitative estimate of drug-likeness (QED) is 0.901. The Bertz CT molecular complexity index is 770. The third kappa shape index (κ3) is 2.57. The van der Waals surface area contributed by atoms with Gasteiger partial charge >= 0.3 is 0 Å². The van der Waals surface area contributed by atoms with Gasteiger partial charge in [0.25, 0.3) is 0 Å². The van der Waals surface area contributed by atoms with Gasteiger partial charge in [-0.3, -0.25) is 5.10 Å². The molecule has 0 aliphatic carbocycles. The molecule has 5 nitrogen and oxygen atoms in total. The molecule has 0 fully saturated rings. The Morgan fingerprint density at radius 2 is 2.13 bits per heavy atom. The number of ether oxygens (including phenoxy) is 1. The van der Waals surface area contributed by atoms with Crippen LogP contribution in [0, 0.1) is 17.2 Å². The van der Waals surface area contributed by atoms with Crippen LogP contribution in [-0.2, 0) is 0 Å². The van der Waals surface area contributed by atoms with E-state index >= 15 is 0 Å². The standard InChI is InChI=1S/C18H20N4O/c1-3-7-11(2)14-13(10-19)17(20)23-18-15(14)16(21-22-18)12-8-5-4-6-9-12/h4-6,8-9,11,14H,3,7,20H2,1-2H3,(H,21,22)/t11-,14+/m0/s1. The number of H-pyrrole nitrogens is 1. The van der Waals surface area contributed by atoms with Crippen LogP contribution in [0.15, 0.2) is 41.8 Å². The highest BCUT2D eigenvalue weighted by Crippen LogP contribution is 2.46. The van der Waals surface area contributed by atoms with Gasteiger partial charge in [0, 0.05) is 5.92 Å². The maximum Gasteiger partial charge on any atom is 0.244 e. The van der Waals surface area contributed by atoms with E-state index in [1.165, 1.54) is 0 Å². The number of benzene rings is 1. The normalized spacial score (nSPS) is 18.0. The molecule has 0 unspecified atom stereocenters. The van der Waals surface area contributed by atoms with E-state index < -0.39 is 0 Å². The van der Waals surface area contributed by atoms with Crippen LogP contribution >= 0.6 is 0 Å². The zero-order valence-electron chi connectivity index (χ0n) is 13.3. The highest BCUT2D eigenvalue weighted by molar-refractivity contribution is 5.69. The number of nitrogens with two attached hydrogens (primary N) is 1. The molecular weight excluding hydrogens is 288 g/mol. The van der Waals surface area contributed by atoms with E-state index in [1.54, 1.807) is 0 Å². The number of allylic oxidation sites excluding steroid dienone is 1. The number of hydrogen-bond donors (Lipinski definition) is 2. The van der Waals surface area contributed by atoms with Crippen LogP contribution in [0.1, 0.15) is 38.2 Å². The first-order valence-corrected chi connectivity index (χ1v) is 7.88. The monoisotopic (exact) mass is 308 g/mol. The lowest BCUT2D eigenvalue weighted by Gasteiger charge is -2.28. The van der Waals surface area contributed by atoms with Gasteiger partial charge in [0.05, 0.1) is 16.8 Å². The van der Waals surface area contributed by atoms with E-state index in [0.29, 0.717) is 11.5 Å². The molecule has 3 N–H and O–H groups in total. The number of aromatic amines is 1. The Balaban J connectivity index is 2.16. The molecule has 5 heteroatoms. The second-order valence-corrected chi connectivity index (χ2v) is 5.92. The molecule has 1 aliphatic heterocycles. The van der Waals surface area contributed by atoms with Crippen molar-refractivity contribution in [3.63, 3.8) is 0 Å². The Kier molecular flexibility index (Phi) is 4.07. The van der Waals surface area contributed by atoms with E-state index in [9.17, 15) is 5.26 Å². The summed E-state index contributed by atoms with van der Waals surface area (Å²) in [6.45, 7) is 4.29. The lowest BCUT2D eigenvalue weighted by molar-refractivity contribution is 0.349. The fraction of sp³-hybridized carbons (Fsp3) is 0.333. The minimum Gasteiger partial charge on any atom is -0.420 e. The number of fused-ring (bicyclic) bond motifs is 1. The average Bonchev–Trinajstić information content (AvgIpc) is 2.97. The molecule has 0 radical (unpaired) electrons. The van der Waals surface area contributed by atoms with Crippen LogP contribution in [0.4, 0.5) is 0 Å². The van der Waals surface area contributed by atoms with Gasteiger partial charge in [0.15, 0.2) is 0 Å². The SMILES string of the molecule is CCC[C@H](C)[C@@H]1C(C#N)=C(N)Oc2n[nH]c(-c3ccccc3)c21. The fourth-order valence-corrected chi connectivity index (χ4v) is 3.30. The van der Waals surface area contributed by atoms with Crippen LogP contribution in [0.3, 0.4) is 0 Å². The molecule has 2 atom stereocenters. The van der Waals surface area contributed by atoms with Gasteiger partial charge in [0.2, 0.25) is 11.8 Å². The Labute approximate surface area is 135 Å². The summed E-state index contributed by atoms with van der Waals surface area (Å²) in [7, 11) is 0. The molecular formula is C18H20N4O. The molecule has 0 spiro atoms. The van der Waals surface area contributed by atoms with E-state index in [0.717, 1.165) is 29.7 Å². The van der Waals surface area contributed by atoms with Gasteiger partial charge in [-0.25, -0.2) is 0 Å². The van der Waals surface area contributed by atoms with Gasteiger partial charge in [-0.1, -0.05) is 57.0 Å². The fourth-order valence-electron chi connectivity index (χ4n) is 3.30. The van der Waals surface area contributed by atoms with Crippen LogP contribution < -0.4 is 10.5 Å². The maximum atomic E-state index is 9.58. The number of nitrogens with one attached hydrogen (secondary N) is 1. The molecule has 0 amide bonds. The van der Waals surface area contributed by atoms with Crippen LogP contribution in [-0.4, -0.2) is 10.2 Å². The number of nitrogens with zero attached hydrogens (tertiary/aromatic N) is 2. The van der Waals surface area contributed by atoms with Crippen LogP contribution in [0.2, 0.25) is 0 Å². The summed E-state index contributed by atoms with van der Waals surface area (Å²) < 4.78 is 5.59. The second-order valence-electron chi connectivity index (χ2n) is 5.92. The molecule has 0 saturated heterocycles. The van der Waals surface area contributed by atoms with Crippen molar-refractivity contribution in [3.8, 4) is 23.2 Å². The van der Waals surface area contributed by atoms with Crippen molar-refractivity contribution in [3.05, 3.63) is 47.4 Å². The molecule has 0 bridgehead atoms. The zero-order chi connectivity index (χ0) is 16.4. The summed E-state index contributed by atoms with van der Waals surface area (Å²) in [5, 5.41) is 16.9. The second kappa shape index (κ2) is 6.17. The number of hydrogen-bond acceptors (Lipinski definition) is 4. The van der Waals surface area contributed by atoms with Crippen molar-refractivity contribution in [2.24, 2.45) is 11.7 Å².